The molecule has 4 heteroatoms. The Balaban J connectivity index is -0.0000000904. The monoisotopic (exact) mass is 450 g/mol. The summed E-state index contributed by atoms with van der Waals surface area (Å²) in [5.41, 5.74) is 6.28. The zero-order valence-electron chi connectivity index (χ0n) is 18.6. The van der Waals surface area contributed by atoms with Crippen molar-refractivity contribution in [1.82, 2.24) is 0 Å². The summed E-state index contributed by atoms with van der Waals surface area (Å²) in [6.45, 7) is 17.7. The van der Waals surface area contributed by atoms with Crippen LogP contribution in [0.1, 0.15) is 68.2 Å². The Kier molecular flexibility index (Phi) is 23.5. The fraction of sp³-hybridized carbons (Fsp3) is 0.545. The molecule has 0 nitrogen and oxygen atoms in total. The Morgan fingerprint density at radius 2 is 0.962 bits per heavy atom. The Hall–Kier alpha value is 0.471. The standard InChI is InChI=1S/2C10H15.2CH3.2ClH.H2Si.Ti/c2*1-8-5-6-9(7-8)10(2,3)4;;;;;;/h2*7H,6H2,1-4H3;2*1H3;2*1H;1H2;/q4*-1;;;;. The van der Waals surface area contributed by atoms with Gasteiger partial charge in [0.15, 0.2) is 0 Å². The summed E-state index contributed by atoms with van der Waals surface area (Å²) >= 11 is 2.03. The zero-order chi connectivity index (χ0) is 17.6. The van der Waals surface area contributed by atoms with Crippen molar-refractivity contribution < 1.29 is 19.2 Å². The van der Waals surface area contributed by atoms with Gasteiger partial charge in [0.2, 0.25) is 0 Å². The molecule has 2 aliphatic rings. The molecule has 0 spiro atoms. The number of hydrogen-bond donors (Lipinski definition) is 0. The second kappa shape index (κ2) is 16.4. The van der Waals surface area contributed by atoms with E-state index in [0.717, 1.165) is 12.8 Å². The van der Waals surface area contributed by atoms with Crippen LogP contribution in [0, 0.1) is 37.8 Å². The third-order valence-electron chi connectivity index (χ3n) is 3.82. The van der Waals surface area contributed by atoms with Crippen molar-refractivity contribution in [2.45, 2.75) is 68.2 Å². The average Bonchev–Trinajstić information content (AvgIpc) is 3.00. The van der Waals surface area contributed by atoms with Gasteiger partial charge in [-0.2, -0.15) is 11.1 Å². The van der Waals surface area contributed by atoms with E-state index < -0.39 is 0 Å². The van der Waals surface area contributed by atoms with E-state index in [0.29, 0.717) is 10.8 Å². The van der Waals surface area contributed by atoms with Gasteiger partial charge in [-0.05, 0) is 10.8 Å². The molecule has 0 aliphatic heterocycles. The Morgan fingerprint density at radius 1 is 0.731 bits per heavy atom. The SMILES string of the molecule is CC1=[C-]CC(C(C)(C)C)=C1.CC1=[C-]CC(C(C)(C)C)=C1.Cl.Cl.[CH3-].[CH3-].[SiH2]=[Ti]. The molecule has 154 valence electrons. The molecule has 0 unspecified atom stereocenters. The molecule has 0 saturated carbocycles. The van der Waals surface area contributed by atoms with Crippen LogP contribution in [0.15, 0.2) is 34.4 Å². The maximum absolute atomic E-state index is 3.30. The molecular weight excluding hydrogens is 411 g/mol. The van der Waals surface area contributed by atoms with E-state index in [1.807, 2.05) is 26.8 Å². The number of rotatable bonds is 0. The van der Waals surface area contributed by atoms with Gasteiger partial charge in [0.1, 0.15) is 0 Å². The molecule has 26 heavy (non-hydrogen) atoms. The van der Waals surface area contributed by atoms with Crippen LogP contribution in [0.3, 0.4) is 0 Å². The van der Waals surface area contributed by atoms with Crippen molar-refractivity contribution >= 4 is 32.4 Å². The summed E-state index contributed by atoms with van der Waals surface area (Å²) in [5.74, 6) is 0. The second-order valence-electron chi connectivity index (χ2n) is 7.91. The Labute approximate surface area is 191 Å². The van der Waals surface area contributed by atoms with Gasteiger partial charge in [-0.1, -0.05) is 55.4 Å². The summed E-state index contributed by atoms with van der Waals surface area (Å²) < 4.78 is 0. The van der Waals surface area contributed by atoms with E-state index in [1.54, 1.807) is 0 Å². The first-order valence-electron chi connectivity index (χ1n) is 7.92. The summed E-state index contributed by atoms with van der Waals surface area (Å²) in [6, 6.07) is 0. The van der Waals surface area contributed by atoms with Crippen LogP contribution < -0.4 is 0 Å². The van der Waals surface area contributed by atoms with Gasteiger partial charge in [0, 0.05) is 0 Å². The van der Waals surface area contributed by atoms with Gasteiger partial charge in [0.25, 0.3) is 0 Å². The summed E-state index contributed by atoms with van der Waals surface area (Å²) in [6.07, 6.45) is 13.2. The first kappa shape index (κ1) is 37.3. The van der Waals surface area contributed by atoms with Gasteiger partial charge in [-0.25, -0.2) is 23.3 Å². The number of allylic oxidation sites excluding steroid dienone is 8. The Bertz CT molecular complexity index is 455. The molecule has 0 fully saturated rings. The van der Waals surface area contributed by atoms with Gasteiger partial charge >= 0.3 is 26.8 Å². The molecule has 0 amide bonds. The van der Waals surface area contributed by atoms with E-state index in [4.69, 9.17) is 0 Å². The fourth-order valence-electron chi connectivity index (χ4n) is 2.16. The molecule has 0 atom stereocenters. The minimum atomic E-state index is 0. The van der Waals surface area contributed by atoms with Crippen molar-refractivity contribution in [3.8, 4) is 0 Å². The molecule has 0 N–H and O–H groups in total. The molecular formula is C22H40Cl2SiTi-4. The predicted molar refractivity (Wildman–Crippen MR) is 125 cm³/mol. The molecule has 0 aromatic rings. The topological polar surface area (TPSA) is 0 Å². The van der Waals surface area contributed by atoms with Gasteiger partial charge in [-0.3, -0.25) is 12.2 Å². The summed E-state index contributed by atoms with van der Waals surface area (Å²) in [4.78, 5) is 0. The van der Waals surface area contributed by atoms with E-state index >= 15 is 0 Å². The van der Waals surface area contributed by atoms with Gasteiger partial charge in [-0.15, -0.1) is 37.7 Å². The number of halogens is 2. The van der Waals surface area contributed by atoms with Crippen LogP contribution in [-0.2, 0) is 19.2 Å². The first-order valence-corrected chi connectivity index (χ1v) is 11.9. The van der Waals surface area contributed by atoms with Crippen molar-refractivity contribution in [3.05, 3.63) is 61.4 Å². The van der Waals surface area contributed by atoms with Gasteiger partial charge < -0.3 is 14.9 Å². The van der Waals surface area contributed by atoms with E-state index in [1.165, 1.54) is 22.3 Å². The van der Waals surface area contributed by atoms with Crippen LogP contribution in [0.25, 0.3) is 0 Å². The van der Waals surface area contributed by atoms with Crippen molar-refractivity contribution in [2.24, 2.45) is 10.8 Å². The van der Waals surface area contributed by atoms with Crippen LogP contribution in [0.2, 0.25) is 0 Å². The second-order valence-corrected chi connectivity index (χ2v) is 7.91. The van der Waals surface area contributed by atoms with Crippen molar-refractivity contribution in [2.75, 3.05) is 0 Å². The molecule has 2 aliphatic carbocycles. The van der Waals surface area contributed by atoms with E-state index in [2.05, 4.69) is 79.7 Å². The first-order chi connectivity index (χ1) is 10.00. The quantitative estimate of drug-likeness (QED) is 0.274. The normalized spacial score (nSPS) is 14.6. The van der Waals surface area contributed by atoms with Crippen LogP contribution in [0.5, 0.6) is 0 Å². The van der Waals surface area contributed by atoms with Crippen molar-refractivity contribution in [3.63, 3.8) is 0 Å². The number of hydrogen-bond acceptors (Lipinski definition) is 0. The third kappa shape index (κ3) is 14.5. The molecule has 0 bridgehead atoms. The van der Waals surface area contributed by atoms with Crippen LogP contribution >= 0.6 is 24.8 Å². The van der Waals surface area contributed by atoms with Gasteiger partial charge in [0.05, 0.1) is 0 Å². The molecule has 0 heterocycles. The summed E-state index contributed by atoms with van der Waals surface area (Å²) in [7, 11) is 1.86. The Morgan fingerprint density at radius 3 is 1.04 bits per heavy atom. The zero-order valence-corrected chi connectivity index (χ0v) is 23.2. The minimum absolute atomic E-state index is 0. The molecule has 0 aromatic carbocycles. The van der Waals surface area contributed by atoms with E-state index in [-0.39, 0.29) is 39.7 Å². The van der Waals surface area contributed by atoms with Crippen LogP contribution in [-0.4, -0.2) is 7.63 Å². The predicted octanol–water partition coefficient (Wildman–Crippen LogP) is 7.05. The molecule has 0 saturated heterocycles. The molecule has 0 radical (unpaired) electrons. The van der Waals surface area contributed by atoms with Crippen molar-refractivity contribution in [1.29, 1.82) is 0 Å². The molecule has 2 rings (SSSR count). The maximum atomic E-state index is 3.30. The fourth-order valence-corrected chi connectivity index (χ4v) is 2.16. The molecule has 0 aromatic heterocycles. The third-order valence-corrected chi connectivity index (χ3v) is 3.82. The van der Waals surface area contributed by atoms with Crippen LogP contribution in [0.4, 0.5) is 0 Å². The van der Waals surface area contributed by atoms with E-state index in [9.17, 15) is 0 Å². The summed E-state index contributed by atoms with van der Waals surface area (Å²) in [5, 5.41) is 0. The average molecular weight is 451 g/mol.